The number of ketones is 1. The summed E-state index contributed by atoms with van der Waals surface area (Å²) in [7, 11) is 0. The molecule has 2 heterocycles. The number of nitrogens with zero attached hydrogens (tertiary/aromatic N) is 3. The van der Waals surface area contributed by atoms with Crippen LogP contribution in [-0.4, -0.2) is 42.0 Å². The molecule has 1 aliphatic rings. The molecule has 0 bridgehead atoms. The minimum Gasteiger partial charge on any atom is -0.337 e. The van der Waals surface area contributed by atoms with Crippen LogP contribution in [0.3, 0.4) is 0 Å². The number of piperazine rings is 1. The molecule has 1 fully saturated rings. The number of hydrogen-bond acceptors (Lipinski definition) is 5. The Morgan fingerprint density at radius 1 is 1.07 bits per heavy atom. The third-order valence-electron chi connectivity index (χ3n) is 5.12. The topological polar surface area (TPSA) is 49.6 Å². The lowest BCUT2D eigenvalue weighted by atomic mass is 10.0. The maximum atomic E-state index is 12.4. The zero-order chi connectivity index (χ0) is 20.4. The second-order valence-corrected chi connectivity index (χ2v) is 7.98. The number of carbonyl (C=O) groups excluding carboxylic acids is 1. The smallest absolute Gasteiger partial charge is 0.238 e. The highest BCUT2D eigenvalue weighted by molar-refractivity contribution is 6.36. The Morgan fingerprint density at radius 3 is 2.45 bits per heavy atom. The van der Waals surface area contributed by atoms with Gasteiger partial charge in [0.25, 0.3) is 0 Å². The van der Waals surface area contributed by atoms with Crippen molar-refractivity contribution in [3.63, 3.8) is 0 Å². The Morgan fingerprint density at radius 2 is 1.79 bits per heavy atom. The van der Waals surface area contributed by atoms with E-state index in [1.807, 2.05) is 6.07 Å². The van der Waals surface area contributed by atoms with Crippen LogP contribution < -0.4 is 4.90 Å². The van der Waals surface area contributed by atoms with E-state index in [-0.39, 0.29) is 5.78 Å². The molecule has 0 amide bonds. The van der Waals surface area contributed by atoms with Crippen molar-refractivity contribution in [3.05, 3.63) is 69.7 Å². The van der Waals surface area contributed by atoms with E-state index in [0.717, 1.165) is 32.7 Å². The molecule has 29 heavy (non-hydrogen) atoms. The molecular formula is C22H21Cl2N3O2. The van der Waals surface area contributed by atoms with Crippen molar-refractivity contribution in [1.82, 2.24) is 10.1 Å². The zero-order valence-electron chi connectivity index (χ0n) is 16.1. The lowest BCUT2D eigenvalue weighted by Crippen LogP contribution is -2.46. The second kappa shape index (κ2) is 8.57. The highest BCUT2D eigenvalue weighted by atomic mass is 35.5. The van der Waals surface area contributed by atoms with Crippen LogP contribution in [0.5, 0.6) is 0 Å². The van der Waals surface area contributed by atoms with Crippen molar-refractivity contribution in [3.8, 4) is 11.3 Å². The van der Waals surface area contributed by atoms with Gasteiger partial charge in [0.05, 0.1) is 5.02 Å². The first kappa shape index (κ1) is 20.0. The predicted molar refractivity (Wildman–Crippen MR) is 116 cm³/mol. The van der Waals surface area contributed by atoms with Crippen LogP contribution in [0.25, 0.3) is 11.3 Å². The predicted octanol–water partition coefficient (Wildman–Crippen LogP) is 5.17. The summed E-state index contributed by atoms with van der Waals surface area (Å²) in [6.07, 6.45) is 0. The number of hydrogen-bond donors (Lipinski definition) is 0. The number of rotatable bonds is 5. The molecule has 150 valence electrons. The molecular weight excluding hydrogens is 409 g/mol. The fourth-order valence-electron chi connectivity index (χ4n) is 3.63. The normalized spacial score (nSPS) is 14.9. The molecule has 2 aromatic carbocycles. The van der Waals surface area contributed by atoms with Gasteiger partial charge in [-0.25, -0.2) is 0 Å². The van der Waals surface area contributed by atoms with Gasteiger partial charge in [0.1, 0.15) is 11.3 Å². The Kier molecular flexibility index (Phi) is 5.90. The average molecular weight is 430 g/mol. The Labute approximate surface area is 179 Å². The van der Waals surface area contributed by atoms with E-state index in [4.69, 9.17) is 27.7 Å². The summed E-state index contributed by atoms with van der Waals surface area (Å²) in [5.74, 6) is 0.409. The van der Waals surface area contributed by atoms with Crippen LogP contribution in [0.15, 0.2) is 53.1 Å². The van der Waals surface area contributed by atoms with Crippen molar-refractivity contribution in [2.75, 3.05) is 31.1 Å². The number of carbonyl (C=O) groups is 1. The van der Waals surface area contributed by atoms with Crippen LogP contribution in [0.4, 0.5) is 5.88 Å². The molecule has 1 aliphatic heterocycles. The molecule has 0 radical (unpaired) electrons. The maximum Gasteiger partial charge on any atom is 0.238 e. The van der Waals surface area contributed by atoms with E-state index >= 15 is 0 Å². The Hall–Kier alpha value is -2.34. The number of halogens is 2. The van der Waals surface area contributed by atoms with Crippen molar-refractivity contribution in [2.24, 2.45) is 0 Å². The molecule has 1 aromatic heterocycles. The van der Waals surface area contributed by atoms with E-state index in [0.29, 0.717) is 32.8 Å². The molecule has 0 unspecified atom stereocenters. The van der Waals surface area contributed by atoms with Gasteiger partial charge in [-0.3, -0.25) is 9.69 Å². The third-order valence-corrected chi connectivity index (χ3v) is 5.67. The van der Waals surface area contributed by atoms with Gasteiger partial charge >= 0.3 is 0 Å². The van der Waals surface area contributed by atoms with E-state index in [2.05, 4.69) is 39.2 Å². The molecule has 3 aromatic rings. The van der Waals surface area contributed by atoms with Gasteiger partial charge in [0, 0.05) is 43.3 Å². The first-order chi connectivity index (χ1) is 14.0. The summed E-state index contributed by atoms with van der Waals surface area (Å²) in [5, 5.41) is 5.15. The summed E-state index contributed by atoms with van der Waals surface area (Å²) < 4.78 is 5.63. The van der Waals surface area contributed by atoms with Gasteiger partial charge in [0.15, 0.2) is 5.78 Å². The highest BCUT2D eigenvalue weighted by Crippen LogP contribution is 2.36. The van der Waals surface area contributed by atoms with Crippen LogP contribution in [0, 0.1) is 0 Å². The Bertz CT molecular complexity index is 1010. The van der Waals surface area contributed by atoms with Crippen LogP contribution >= 0.6 is 23.2 Å². The number of benzene rings is 2. The second-order valence-electron chi connectivity index (χ2n) is 7.14. The van der Waals surface area contributed by atoms with E-state index < -0.39 is 0 Å². The summed E-state index contributed by atoms with van der Waals surface area (Å²) in [4.78, 5) is 16.9. The third kappa shape index (κ3) is 4.32. The molecule has 0 saturated carbocycles. The van der Waals surface area contributed by atoms with Crippen LogP contribution in [-0.2, 0) is 6.54 Å². The summed E-state index contributed by atoms with van der Waals surface area (Å²) in [6.45, 7) is 5.71. The van der Waals surface area contributed by atoms with E-state index in [1.54, 1.807) is 18.2 Å². The van der Waals surface area contributed by atoms with Gasteiger partial charge in [-0.05, 0) is 30.7 Å². The molecule has 1 saturated heterocycles. The highest BCUT2D eigenvalue weighted by Gasteiger charge is 2.28. The standard InChI is InChI=1S/C22H21Cl2N3O2/c1-15(28)20-21(18-8-7-17(23)13-19(18)24)25-29-22(20)27-11-9-26(10-12-27)14-16-5-3-2-4-6-16/h2-8,13H,9-12,14H2,1H3. The quantitative estimate of drug-likeness (QED) is 0.523. The van der Waals surface area contributed by atoms with Crippen molar-refractivity contribution >= 4 is 34.9 Å². The molecule has 7 heteroatoms. The first-order valence-electron chi connectivity index (χ1n) is 9.50. The lowest BCUT2D eigenvalue weighted by Gasteiger charge is -2.34. The molecule has 0 spiro atoms. The van der Waals surface area contributed by atoms with Crippen LogP contribution in [0.1, 0.15) is 22.8 Å². The van der Waals surface area contributed by atoms with Gasteiger partial charge < -0.3 is 9.42 Å². The summed E-state index contributed by atoms with van der Waals surface area (Å²) in [5.41, 5.74) is 2.86. The van der Waals surface area contributed by atoms with Crippen molar-refractivity contribution in [1.29, 1.82) is 0 Å². The van der Waals surface area contributed by atoms with E-state index in [1.165, 1.54) is 12.5 Å². The molecule has 4 rings (SSSR count). The zero-order valence-corrected chi connectivity index (χ0v) is 17.6. The molecule has 0 atom stereocenters. The minimum absolute atomic E-state index is 0.103. The number of anilines is 1. The number of aromatic nitrogens is 1. The van der Waals surface area contributed by atoms with Crippen molar-refractivity contribution in [2.45, 2.75) is 13.5 Å². The van der Waals surface area contributed by atoms with Gasteiger partial charge in [-0.1, -0.05) is 58.7 Å². The van der Waals surface area contributed by atoms with Gasteiger partial charge in [-0.2, -0.15) is 0 Å². The number of Topliss-reactive ketones (excluding diaryl/α,β-unsaturated/α-hetero) is 1. The minimum atomic E-state index is -0.103. The molecule has 5 nitrogen and oxygen atoms in total. The summed E-state index contributed by atoms with van der Waals surface area (Å²) in [6, 6.07) is 15.5. The lowest BCUT2D eigenvalue weighted by molar-refractivity contribution is 0.101. The first-order valence-corrected chi connectivity index (χ1v) is 10.3. The molecule has 0 N–H and O–H groups in total. The van der Waals surface area contributed by atoms with E-state index in [9.17, 15) is 4.79 Å². The fraction of sp³-hybridized carbons (Fsp3) is 0.273. The molecule has 0 aliphatic carbocycles. The van der Waals surface area contributed by atoms with Gasteiger partial charge in [0.2, 0.25) is 5.88 Å². The average Bonchev–Trinajstić information content (AvgIpc) is 3.14. The monoisotopic (exact) mass is 429 g/mol. The van der Waals surface area contributed by atoms with Gasteiger partial charge in [-0.15, -0.1) is 0 Å². The fourth-order valence-corrected chi connectivity index (χ4v) is 4.13. The van der Waals surface area contributed by atoms with Crippen LogP contribution in [0.2, 0.25) is 10.0 Å². The largest absolute Gasteiger partial charge is 0.337 e. The summed E-state index contributed by atoms with van der Waals surface area (Å²) >= 11 is 12.3. The van der Waals surface area contributed by atoms with Crippen molar-refractivity contribution < 1.29 is 9.32 Å². The maximum absolute atomic E-state index is 12.4. The Balaban J connectivity index is 1.54. The SMILES string of the molecule is CC(=O)c1c(-c2ccc(Cl)cc2Cl)noc1N1CCN(Cc2ccccc2)CC1.